The standard InChI is InChI=1S/C42H30N4O3S2/c1-3-25-45-35-23-17-27-9-5-7-11-33(27)37(35)50-41(45)43-39(47)29-13-19-31(20-14-29)49-32-21-15-30(16-22-32)40(48)44-42-46(26-4-2)36-24-18-28-10-6-8-12-34(28)38(36)51-42/h3-24H,1-2,25-26H2. The number of ether oxygens (including phenoxy) is 1. The van der Waals surface area contributed by atoms with Gasteiger partial charge in [0.2, 0.25) is 0 Å². The van der Waals surface area contributed by atoms with E-state index in [4.69, 9.17) is 4.74 Å². The Morgan fingerprint density at radius 3 is 1.39 bits per heavy atom. The first-order chi connectivity index (χ1) is 25.0. The van der Waals surface area contributed by atoms with Crippen LogP contribution >= 0.6 is 22.7 Å². The van der Waals surface area contributed by atoms with Crippen LogP contribution in [0, 0.1) is 0 Å². The Labute approximate surface area is 300 Å². The summed E-state index contributed by atoms with van der Waals surface area (Å²) in [7, 11) is 0. The first-order valence-corrected chi connectivity index (χ1v) is 17.9. The minimum Gasteiger partial charge on any atom is -0.457 e. The van der Waals surface area contributed by atoms with Gasteiger partial charge in [-0.25, -0.2) is 0 Å². The lowest BCUT2D eigenvalue weighted by molar-refractivity contribution is 0.0989. The second-order valence-electron chi connectivity index (χ2n) is 11.8. The van der Waals surface area contributed by atoms with Crippen LogP contribution in [0.25, 0.3) is 42.0 Å². The number of thiazole rings is 2. The van der Waals surface area contributed by atoms with Gasteiger partial charge in [-0.05, 0) is 71.4 Å². The topological polar surface area (TPSA) is 78.0 Å². The van der Waals surface area contributed by atoms with Crippen molar-refractivity contribution >= 4 is 76.5 Å². The quantitative estimate of drug-likeness (QED) is 0.148. The fraction of sp³-hybridized carbons (Fsp3) is 0.0476. The van der Waals surface area contributed by atoms with Crippen LogP contribution in [0.5, 0.6) is 11.5 Å². The minimum absolute atomic E-state index is 0.344. The highest BCUT2D eigenvalue weighted by molar-refractivity contribution is 7.17. The van der Waals surface area contributed by atoms with Gasteiger partial charge in [-0.1, -0.05) is 95.5 Å². The lowest BCUT2D eigenvalue weighted by Crippen LogP contribution is -2.16. The lowest BCUT2D eigenvalue weighted by Gasteiger charge is -2.06. The third-order valence-electron chi connectivity index (χ3n) is 8.60. The van der Waals surface area contributed by atoms with Gasteiger partial charge in [0.05, 0.1) is 20.4 Å². The van der Waals surface area contributed by atoms with Gasteiger partial charge < -0.3 is 13.9 Å². The fourth-order valence-corrected chi connectivity index (χ4v) is 8.49. The molecular weight excluding hydrogens is 673 g/mol. The molecular formula is C42H30N4O3S2. The molecule has 8 rings (SSSR count). The molecule has 2 heterocycles. The molecule has 0 atom stereocenters. The number of fused-ring (bicyclic) bond motifs is 6. The lowest BCUT2D eigenvalue weighted by atomic mass is 10.1. The molecule has 6 aromatic carbocycles. The Morgan fingerprint density at radius 1 is 0.569 bits per heavy atom. The minimum atomic E-state index is -0.344. The number of benzene rings is 6. The largest absolute Gasteiger partial charge is 0.457 e. The van der Waals surface area contributed by atoms with Crippen molar-refractivity contribution < 1.29 is 14.3 Å². The third-order valence-corrected chi connectivity index (χ3v) is 10.9. The highest BCUT2D eigenvalue weighted by Gasteiger charge is 2.13. The molecule has 0 fully saturated rings. The van der Waals surface area contributed by atoms with E-state index in [-0.39, 0.29) is 11.8 Å². The molecule has 0 radical (unpaired) electrons. The van der Waals surface area contributed by atoms with Crippen LogP contribution in [0.3, 0.4) is 0 Å². The van der Waals surface area contributed by atoms with Crippen molar-refractivity contribution in [2.24, 2.45) is 9.98 Å². The Hall–Kier alpha value is -6.16. The number of hydrogen-bond acceptors (Lipinski definition) is 5. The van der Waals surface area contributed by atoms with Crippen molar-refractivity contribution in [1.82, 2.24) is 9.13 Å². The molecule has 0 aliphatic heterocycles. The van der Waals surface area contributed by atoms with E-state index in [2.05, 4.69) is 71.7 Å². The van der Waals surface area contributed by atoms with Crippen LogP contribution in [-0.2, 0) is 13.1 Å². The average Bonchev–Trinajstić information content (AvgIpc) is 3.69. The van der Waals surface area contributed by atoms with E-state index in [0.717, 1.165) is 42.0 Å². The van der Waals surface area contributed by atoms with Crippen LogP contribution < -0.4 is 14.3 Å². The SMILES string of the molecule is C=CCn1c(=NC(=O)c2ccc(Oc3ccc(C(=O)N=c4sc5c6ccccc6ccc5n4CC=C)cc3)cc2)sc2c3ccccc3ccc21. The van der Waals surface area contributed by atoms with Crippen molar-refractivity contribution in [2.75, 3.05) is 0 Å². The number of carbonyl (C=O) groups excluding carboxylic acids is 2. The molecule has 7 nitrogen and oxygen atoms in total. The van der Waals surface area contributed by atoms with Gasteiger partial charge in [0, 0.05) is 35.0 Å². The molecule has 2 aromatic heterocycles. The molecule has 8 aromatic rings. The summed E-state index contributed by atoms with van der Waals surface area (Å²) in [6.07, 6.45) is 3.61. The Kier molecular flexibility index (Phi) is 8.57. The summed E-state index contributed by atoms with van der Waals surface area (Å²) in [6, 6.07) is 38.4. The maximum atomic E-state index is 13.3. The highest BCUT2D eigenvalue weighted by atomic mass is 32.1. The van der Waals surface area contributed by atoms with Crippen molar-refractivity contribution in [1.29, 1.82) is 0 Å². The molecule has 0 saturated carbocycles. The Balaban J connectivity index is 1.01. The summed E-state index contributed by atoms with van der Waals surface area (Å²) in [6.45, 7) is 8.87. The van der Waals surface area contributed by atoms with Gasteiger partial charge in [-0.15, -0.1) is 13.2 Å². The van der Waals surface area contributed by atoms with Gasteiger partial charge >= 0.3 is 0 Å². The summed E-state index contributed by atoms with van der Waals surface area (Å²) in [4.78, 5) is 36.8. The van der Waals surface area contributed by atoms with Crippen LogP contribution in [0.4, 0.5) is 0 Å². The third kappa shape index (κ3) is 6.14. The van der Waals surface area contributed by atoms with Gasteiger partial charge in [-0.3, -0.25) is 9.59 Å². The number of hydrogen-bond donors (Lipinski definition) is 0. The predicted octanol–water partition coefficient (Wildman–Crippen LogP) is 9.67. The van der Waals surface area contributed by atoms with Gasteiger partial charge in [0.25, 0.3) is 11.8 Å². The summed E-state index contributed by atoms with van der Waals surface area (Å²) in [5, 5.41) is 4.53. The van der Waals surface area contributed by atoms with E-state index >= 15 is 0 Å². The van der Waals surface area contributed by atoms with Crippen molar-refractivity contribution in [3.8, 4) is 11.5 Å². The monoisotopic (exact) mass is 702 g/mol. The maximum Gasteiger partial charge on any atom is 0.279 e. The maximum absolute atomic E-state index is 13.3. The van der Waals surface area contributed by atoms with E-state index in [1.54, 1.807) is 60.7 Å². The van der Waals surface area contributed by atoms with Gasteiger partial charge in [-0.2, -0.15) is 9.98 Å². The van der Waals surface area contributed by atoms with E-state index in [0.29, 0.717) is 45.3 Å². The Bertz CT molecular complexity index is 2610. The molecule has 0 unspecified atom stereocenters. The van der Waals surface area contributed by atoms with Crippen LogP contribution in [-0.4, -0.2) is 20.9 Å². The molecule has 0 N–H and O–H groups in total. The molecule has 0 spiro atoms. The van der Waals surface area contributed by atoms with Crippen molar-refractivity contribution in [3.05, 3.63) is 167 Å². The zero-order valence-electron chi connectivity index (χ0n) is 27.4. The Morgan fingerprint density at radius 2 is 0.980 bits per heavy atom. The number of amides is 2. The molecule has 248 valence electrons. The van der Waals surface area contributed by atoms with E-state index in [1.807, 2.05) is 33.4 Å². The van der Waals surface area contributed by atoms with Crippen molar-refractivity contribution in [3.63, 3.8) is 0 Å². The summed E-state index contributed by atoms with van der Waals surface area (Å²) < 4.78 is 12.2. The zero-order chi connectivity index (χ0) is 34.9. The predicted molar refractivity (Wildman–Crippen MR) is 208 cm³/mol. The smallest absolute Gasteiger partial charge is 0.279 e. The van der Waals surface area contributed by atoms with E-state index in [9.17, 15) is 9.59 Å². The molecule has 0 bridgehead atoms. The fourth-order valence-electron chi connectivity index (χ4n) is 6.15. The summed E-state index contributed by atoms with van der Waals surface area (Å²) in [5.41, 5.74) is 2.92. The second-order valence-corrected chi connectivity index (χ2v) is 13.8. The number of rotatable bonds is 8. The van der Waals surface area contributed by atoms with Gasteiger partial charge in [0.1, 0.15) is 11.5 Å². The first-order valence-electron chi connectivity index (χ1n) is 16.3. The molecule has 0 saturated heterocycles. The first kappa shape index (κ1) is 32.1. The highest BCUT2D eigenvalue weighted by Crippen LogP contribution is 2.29. The molecule has 0 aliphatic carbocycles. The van der Waals surface area contributed by atoms with Crippen LogP contribution in [0.1, 0.15) is 20.7 Å². The molecule has 51 heavy (non-hydrogen) atoms. The summed E-state index contributed by atoms with van der Waals surface area (Å²) >= 11 is 2.99. The number of carbonyl (C=O) groups is 2. The second kappa shape index (κ2) is 13.6. The average molecular weight is 703 g/mol. The normalized spacial score (nSPS) is 12.2. The number of nitrogens with zero attached hydrogens (tertiary/aromatic N) is 4. The number of aromatic nitrogens is 2. The zero-order valence-corrected chi connectivity index (χ0v) is 29.0. The van der Waals surface area contributed by atoms with Gasteiger partial charge in [0.15, 0.2) is 9.60 Å². The molecule has 2 amide bonds. The molecule has 9 heteroatoms. The summed E-state index contributed by atoms with van der Waals surface area (Å²) in [5.74, 6) is 0.410. The van der Waals surface area contributed by atoms with Crippen LogP contribution in [0.15, 0.2) is 157 Å². The van der Waals surface area contributed by atoms with Crippen LogP contribution in [0.2, 0.25) is 0 Å². The number of allylic oxidation sites excluding steroid dienone is 2. The van der Waals surface area contributed by atoms with E-state index in [1.165, 1.54) is 22.7 Å². The van der Waals surface area contributed by atoms with E-state index < -0.39 is 0 Å². The molecule has 0 aliphatic rings. The van der Waals surface area contributed by atoms with Crippen molar-refractivity contribution in [2.45, 2.75) is 13.1 Å².